The van der Waals surface area contributed by atoms with E-state index in [-0.39, 0.29) is 18.9 Å². The quantitative estimate of drug-likeness (QED) is 0.204. The zero-order valence-electron chi connectivity index (χ0n) is 19.4. The number of methoxy groups -OCH3 is 1. The topological polar surface area (TPSA) is 84.2 Å². The molecule has 4 rings (SSSR count). The average molecular weight is 464 g/mol. The zero-order valence-corrected chi connectivity index (χ0v) is 19.4. The van der Waals surface area contributed by atoms with Crippen LogP contribution in [0.4, 0.5) is 0 Å². The van der Waals surface area contributed by atoms with Crippen molar-refractivity contribution in [1.29, 1.82) is 5.26 Å². The Morgan fingerprint density at radius 3 is 2.46 bits per heavy atom. The number of amides is 1. The lowest BCUT2D eigenvalue weighted by Crippen LogP contribution is -2.25. The van der Waals surface area contributed by atoms with Crippen molar-refractivity contribution < 1.29 is 14.3 Å². The van der Waals surface area contributed by atoms with Gasteiger partial charge < -0.3 is 14.8 Å². The molecule has 1 aromatic heterocycles. The molecule has 6 nitrogen and oxygen atoms in total. The van der Waals surface area contributed by atoms with E-state index in [0.29, 0.717) is 17.9 Å². The Hall–Kier alpha value is -4.63. The van der Waals surface area contributed by atoms with Crippen LogP contribution >= 0.6 is 0 Å². The SMILES string of the molecule is COc1ccc(C=C(C(=O)NCCC#N)c2ccc(OCc3ccc4ccccc4n3)cc2)cc1. The maximum atomic E-state index is 12.9. The monoisotopic (exact) mass is 463 g/mol. The summed E-state index contributed by atoms with van der Waals surface area (Å²) >= 11 is 0. The van der Waals surface area contributed by atoms with Crippen LogP contribution in [0, 0.1) is 11.3 Å². The number of benzene rings is 3. The molecule has 0 bridgehead atoms. The minimum atomic E-state index is -0.245. The van der Waals surface area contributed by atoms with Crippen LogP contribution in [-0.2, 0) is 11.4 Å². The van der Waals surface area contributed by atoms with E-state index in [9.17, 15) is 4.79 Å². The number of pyridine rings is 1. The number of fused-ring (bicyclic) bond motifs is 1. The molecule has 0 aliphatic heterocycles. The van der Waals surface area contributed by atoms with Gasteiger partial charge in [0.25, 0.3) is 5.91 Å². The van der Waals surface area contributed by atoms with Crippen molar-refractivity contribution in [1.82, 2.24) is 10.3 Å². The van der Waals surface area contributed by atoms with Crippen molar-refractivity contribution in [3.05, 3.63) is 102 Å². The lowest BCUT2D eigenvalue weighted by atomic mass is 10.0. The van der Waals surface area contributed by atoms with Crippen LogP contribution in [0.5, 0.6) is 11.5 Å². The zero-order chi connectivity index (χ0) is 24.5. The molecule has 174 valence electrons. The van der Waals surface area contributed by atoms with Crippen LogP contribution in [0.2, 0.25) is 0 Å². The van der Waals surface area contributed by atoms with E-state index in [1.807, 2.05) is 97.1 Å². The number of nitrogens with zero attached hydrogens (tertiary/aromatic N) is 2. The molecule has 0 fully saturated rings. The van der Waals surface area contributed by atoms with Crippen LogP contribution in [0.15, 0.2) is 84.9 Å². The highest BCUT2D eigenvalue weighted by Crippen LogP contribution is 2.23. The van der Waals surface area contributed by atoms with Gasteiger partial charge in [0.05, 0.1) is 30.8 Å². The average Bonchev–Trinajstić information content (AvgIpc) is 2.91. The number of nitriles is 1. The largest absolute Gasteiger partial charge is 0.497 e. The third-order valence-corrected chi connectivity index (χ3v) is 5.40. The molecule has 3 aromatic carbocycles. The summed E-state index contributed by atoms with van der Waals surface area (Å²) in [5, 5.41) is 12.7. The van der Waals surface area contributed by atoms with Gasteiger partial charge in [-0.2, -0.15) is 5.26 Å². The van der Waals surface area contributed by atoms with Gasteiger partial charge in [0, 0.05) is 17.5 Å². The first kappa shape index (κ1) is 23.5. The number of aromatic nitrogens is 1. The summed E-state index contributed by atoms with van der Waals surface area (Å²) in [5.41, 5.74) is 3.87. The number of ether oxygens (including phenoxy) is 2. The number of hydrogen-bond donors (Lipinski definition) is 1. The molecule has 0 aliphatic carbocycles. The highest BCUT2D eigenvalue weighted by atomic mass is 16.5. The van der Waals surface area contributed by atoms with Crippen LogP contribution in [0.3, 0.4) is 0 Å². The fourth-order valence-electron chi connectivity index (χ4n) is 3.55. The molecule has 0 atom stereocenters. The third kappa shape index (κ3) is 6.24. The predicted molar refractivity (Wildman–Crippen MR) is 137 cm³/mol. The molecule has 0 aliphatic rings. The van der Waals surface area contributed by atoms with Crippen molar-refractivity contribution in [2.24, 2.45) is 0 Å². The first-order valence-electron chi connectivity index (χ1n) is 11.2. The Morgan fingerprint density at radius 1 is 0.971 bits per heavy atom. The first-order chi connectivity index (χ1) is 17.2. The van der Waals surface area contributed by atoms with Crippen LogP contribution < -0.4 is 14.8 Å². The molecular weight excluding hydrogens is 438 g/mol. The summed E-state index contributed by atoms with van der Waals surface area (Å²) in [6.45, 7) is 0.628. The van der Waals surface area contributed by atoms with Gasteiger partial charge in [-0.15, -0.1) is 0 Å². The molecule has 6 heteroatoms. The number of carbonyl (C=O) groups excluding carboxylic acids is 1. The fraction of sp³-hybridized carbons (Fsp3) is 0.138. The van der Waals surface area contributed by atoms with Gasteiger partial charge in [0.1, 0.15) is 18.1 Å². The summed E-state index contributed by atoms with van der Waals surface area (Å²) in [5.74, 6) is 1.17. The van der Waals surface area contributed by atoms with Gasteiger partial charge >= 0.3 is 0 Å². The molecule has 0 spiro atoms. The number of para-hydroxylation sites is 1. The van der Waals surface area contributed by atoms with Gasteiger partial charge in [-0.25, -0.2) is 4.98 Å². The summed E-state index contributed by atoms with van der Waals surface area (Å²) in [7, 11) is 1.61. The Bertz CT molecular complexity index is 1370. The molecular formula is C29H25N3O3. The second-order valence-corrected chi connectivity index (χ2v) is 7.80. The Labute approximate surface area is 204 Å². The van der Waals surface area contributed by atoms with E-state index in [1.54, 1.807) is 7.11 Å². The van der Waals surface area contributed by atoms with Crippen molar-refractivity contribution >= 4 is 28.5 Å². The molecule has 0 unspecified atom stereocenters. The van der Waals surface area contributed by atoms with E-state index in [2.05, 4.69) is 10.3 Å². The Balaban J connectivity index is 1.51. The minimum Gasteiger partial charge on any atom is -0.497 e. The Kier molecular flexibility index (Phi) is 7.72. The summed E-state index contributed by atoms with van der Waals surface area (Å²) in [6, 6.07) is 28.8. The van der Waals surface area contributed by atoms with Crippen LogP contribution in [-0.4, -0.2) is 24.5 Å². The third-order valence-electron chi connectivity index (χ3n) is 5.40. The molecule has 1 N–H and O–H groups in total. The number of carbonyl (C=O) groups is 1. The summed E-state index contributed by atoms with van der Waals surface area (Å²) in [4.78, 5) is 17.5. The molecule has 1 amide bonds. The number of nitrogens with one attached hydrogen (secondary N) is 1. The number of rotatable bonds is 9. The summed E-state index contributed by atoms with van der Waals surface area (Å²) in [6.07, 6.45) is 2.06. The lowest BCUT2D eigenvalue weighted by molar-refractivity contribution is -0.115. The van der Waals surface area contributed by atoms with E-state index in [1.165, 1.54) is 0 Å². The highest BCUT2D eigenvalue weighted by Gasteiger charge is 2.12. The predicted octanol–water partition coefficient (Wildman–Crippen LogP) is 5.39. The smallest absolute Gasteiger partial charge is 0.251 e. The van der Waals surface area contributed by atoms with Crippen LogP contribution in [0.25, 0.3) is 22.6 Å². The molecule has 35 heavy (non-hydrogen) atoms. The molecule has 0 saturated carbocycles. The van der Waals surface area contributed by atoms with E-state index in [4.69, 9.17) is 14.7 Å². The van der Waals surface area contributed by atoms with Gasteiger partial charge in [0.2, 0.25) is 0 Å². The van der Waals surface area contributed by atoms with Crippen LogP contribution in [0.1, 0.15) is 23.2 Å². The molecule has 1 heterocycles. The van der Waals surface area contributed by atoms with Gasteiger partial charge in [-0.1, -0.05) is 48.5 Å². The fourth-order valence-corrected chi connectivity index (χ4v) is 3.55. The van der Waals surface area contributed by atoms with Crippen molar-refractivity contribution in [3.8, 4) is 17.6 Å². The summed E-state index contributed by atoms with van der Waals surface area (Å²) < 4.78 is 11.1. The standard InChI is InChI=1S/C29H25N3O3/c1-34-25-13-7-21(8-14-25)19-27(29(33)31-18-4-17-30)22-10-15-26(16-11-22)35-20-24-12-9-23-5-2-3-6-28(23)32-24/h2-3,5-16,19H,4,18,20H2,1H3,(H,31,33). The van der Waals surface area contributed by atoms with Gasteiger partial charge in [-0.05, 0) is 53.6 Å². The van der Waals surface area contributed by atoms with E-state index < -0.39 is 0 Å². The highest BCUT2D eigenvalue weighted by molar-refractivity contribution is 6.24. The van der Waals surface area contributed by atoms with E-state index in [0.717, 1.165) is 33.5 Å². The lowest BCUT2D eigenvalue weighted by Gasteiger charge is -2.11. The Morgan fingerprint density at radius 2 is 1.71 bits per heavy atom. The van der Waals surface area contributed by atoms with Gasteiger partial charge in [-0.3, -0.25) is 4.79 Å². The van der Waals surface area contributed by atoms with E-state index >= 15 is 0 Å². The molecule has 4 aromatic rings. The maximum Gasteiger partial charge on any atom is 0.251 e. The molecule has 0 saturated heterocycles. The second kappa shape index (κ2) is 11.5. The normalized spacial score (nSPS) is 11.0. The maximum absolute atomic E-state index is 12.9. The van der Waals surface area contributed by atoms with Crippen molar-refractivity contribution in [2.45, 2.75) is 13.0 Å². The second-order valence-electron chi connectivity index (χ2n) is 7.80. The van der Waals surface area contributed by atoms with Crippen molar-refractivity contribution in [3.63, 3.8) is 0 Å². The minimum absolute atomic E-state index is 0.245. The first-order valence-corrected chi connectivity index (χ1v) is 11.2. The van der Waals surface area contributed by atoms with Gasteiger partial charge in [0.15, 0.2) is 0 Å². The van der Waals surface area contributed by atoms with Crippen molar-refractivity contribution in [2.75, 3.05) is 13.7 Å². The number of hydrogen-bond acceptors (Lipinski definition) is 5. The molecule has 0 radical (unpaired) electrons.